The number of hydrogen-bond acceptors (Lipinski definition) is 9. The van der Waals surface area contributed by atoms with Gasteiger partial charge in [-0.1, -0.05) is 0 Å². The largest absolute Gasteiger partial charge is 0.377 e. The Labute approximate surface area is 183 Å². The second-order valence-corrected chi connectivity index (χ2v) is 10.1. The molecule has 0 bridgehead atoms. The van der Waals surface area contributed by atoms with E-state index in [4.69, 9.17) is 52.0 Å². The summed E-state index contributed by atoms with van der Waals surface area (Å²) in [7, 11) is -3.51. The molecule has 1 aliphatic heterocycles. The number of hydrogen-bond donors (Lipinski definition) is 0. The monoisotopic (exact) mass is 481 g/mol. The van der Waals surface area contributed by atoms with Crippen molar-refractivity contribution in [2.75, 3.05) is 84.2 Å². The van der Waals surface area contributed by atoms with Gasteiger partial charge in [0.2, 0.25) is 0 Å². The normalized spacial score (nSPS) is 23.4. The van der Waals surface area contributed by atoms with Gasteiger partial charge in [0.1, 0.15) is 0 Å². The van der Waals surface area contributed by atoms with Gasteiger partial charge in [0.25, 0.3) is 0 Å². The Morgan fingerprint density at radius 2 is 1.21 bits per heavy atom. The molecule has 0 aromatic rings. The first-order chi connectivity index (χ1) is 13.7. The lowest BCUT2D eigenvalue weighted by Crippen LogP contribution is -2.42. The van der Waals surface area contributed by atoms with Gasteiger partial charge >= 0.3 is 0 Å². The lowest BCUT2D eigenvalue weighted by Gasteiger charge is -2.28. The predicted octanol–water partition coefficient (Wildman–Crippen LogP) is 1.27. The van der Waals surface area contributed by atoms with Crippen LogP contribution < -0.4 is 0 Å². The maximum atomic E-state index is 12.6. The highest BCUT2D eigenvalue weighted by Gasteiger charge is 2.33. The summed E-state index contributed by atoms with van der Waals surface area (Å²) in [6.07, 6.45) is -0.642. The van der Waals surface area contributed by atoms with E-state index in [1.54, 1.807) is 13.8 Å². The van der Waals surface area contributed by atoms with Crippen molar-refractivity contribution >= 4 is 33.4 Å². The molecule has 1 aliphatic rings. The average Bonchev–Trinajstić information content (AvgIpc) is 2.62. The number of halogens is 2. The van der Waals surface area contributed by atoms with Crippen molar-refractivity contribution in [2.24, 2.45) is 0 Å². The van der Waals surface area contributed by atoms with Gasteiger partial charge in [0.05, 0.1) is 95.8 Å². The molecule has 0 spiro atoms. The van der Waals surface area contributed by atoms with Crippen LogP contribution in [-0.2, 0) is 38.3 Å². The van der Waals surface area contributed by atoms with Crippen LogP contribution in [0.15, 0.2) is 0 Å². The van der Waals surface area contributed by atoms with E-state index >= 15 is 0 Å². The minimum absolute atomic E-state index is 0.119. The highest BCUT2D eigenvalue weighted by Crippen LogP contribution is 2.22. The molecule has 0 saturated carbocycles. The highest BCUT2D eigenvalue weighted by atomic mass is 35.5. The van der Waals surface area contributed by atoms with Gasteiger partial charge in [-0.15, -0.1) is 3.94 Å². The van der Waals surface area contributed by atoms with Crippen LogP contribution in [0.1, 0.15) is 13.8 Å². The van der Waals surface area contributed by atoms with E-state index in [0.29, 0.717) is 59.5 Å². The highest BCUT2D eigenvalue weighted by molar-refractivity contribution is 7.91. The van der Waals surface area contributed by atoms with E-state index in [1.165, 1.54) is 0 Å². The van der Waals surface area contributed by atoms with Crippen molar-refractivity contribution in [3.05, 3.63) is 0 Å². The van der Waals surface area contributed by atoms with E-state index in [1.807, 2.05) is 0 Å². The van der Waals surface area contributed by atoms with E-state index < -0.39 is 21.5 Å². The fourth-order valence-electron chi connectivity index (χ4n) is 2.44. The third kappa shape index (κ3) is 14.0. The smallest absolute Gasteiger partial charge is 0.154 e. The van der Waals surface area contributed by atoms with Crippen molar-refractivity contribution in [1.82, 2.24) is 3.94 Å². The molecule has 1 fully saturated rings. The van der Waals surface area contributed by atoms with E-state index in [-0.39, 0.29) is 24.7 Å². The molecule has 0 aliphatic carbocycles. The molecule has 0 aromatic carbocycles. The van der Waals surface area contributed by atoms with Gasteiger partial charge < -0.3 is 28.4 Å². The second kappa shape index (κ2) is 15.1. The number of rotatable bonds is 5. The number of ether oxygens (including phenoxy) is 6. The SMILES string of the molecule is CC(C)(CS(=O)(=O)CC1COCCOCCOCCOCCOCCO1)N(Cl)Cl. The minimum atomic E-state index is -3.51. The summed E-state index contributed by atoms with van der Waals surface area (Å²) in [5.41, 5.74) is -0.933. The first kappa shape index (κ1) is 27.3. The van der Waals surface area contributed by atoms with E-state index in [2.05, 4.69) is 0 Å². The van der Waals surface area contributed by atoms with Crippen LogP contribution >= 0.6 is 23.6 Å². The molecule has 1 unspecified atom stereocenters. The molecule has 0 N–H and O–H groups in total. The van der Waals surface area contributed by atoms with Gasteiger partial charge in [0, 0.05) is 0 Å². The van der Waals surface area contributed by atoms with Crippen LogP contribution in [0.25, 0.3) is 0 Å². The van der Waals surface area contributed by atoms with Crippen LogP contribution in [0, 0.1) is 0 Å². The Balaban J connectivity index is 2.54. The minimum Gasteiger partial charge on any atom is -0.377 e. The molecule has 0 aromatic heterocycles. The van der Waals surface area contributed by atoms with Crippen LogP contribution in [-0.4, -0.2) is 108 Å². The summed E-state index contributed by atoms with van der Waals surface area (Å²) in [6, 6.07) is 0. The Kier molecular flexibility index (Phi) is 14.2. The topological polar surface area (TPSA) is 92.8 Å². The third-order valence-electron chi connectivity index (χ3n) is 3.84. The molecule has 12 heteroatoms. The molecule has 1 atom stereocenters. The molecular formula is C17H33Cl2NO8S. The van der Waals surface area contributed by atoms with Crippen LogP contribution in [0.2, 0.25) is 0 Å². The fourth-order valence-corrected chi connectivity index (χ4v) is 4.79. The molecule has 9 nitrogen and oxygen atoms in total. The van der Waals surface area contributed by atoms with Crippen molar-refractivity contribution < 1.29 is 36.8 Å². The molecule has 1 rings (SSSR count). The Morgan fingerprint density at radius 3 is 1.66 bits per heavy atom. The number of sulfone groups is 1. The van der Waals surface area contributed by atoms with Crippen LogP contribution in [0.5, 0.6) is 0 Å². The van der Waals surface area contributed by atoms with Crippen molar-refractivity contribution in [3.63, 3.8) is 0 Å². The third-order valence-corrected chi connectivity index (χ3v) is 6.78. The van der Waals surface area contributed by atoms with Crippen LogP contribution in [0.3, 0.4) is 0 Å². The Morgan fingerprint density at radius 1 is 0.793 bits per heavy atom. The van der Waals surface area contributed by atoms with E-state index in [0.717, 1.165) is 3.94 Å². The van der Waals surface area contributed by atoms with Gasteiger partial charge in [-0.25, -0.2) is 8.42 Å². The molecular weight excluding hydrogens is 449 g/mol. The summed E-state index contributed by atoms with van der Waals surface area (Å²) >= 11 is 11.5. The molecule has 0 amide bonds. The summed E-state index contributed by atoms with van der Waals surface area (Å²) in [5, 5.41) is 0. The standard InChI is InChI=1S/C17H33Cl2NO8S/c1-17(2,20(18)19)15-29(21,22)14-16-13-27-10-9-25-6-5-23-3-4-24-7-8-26-11-12-28-16/h16H,3-15H2,1-2H3. The van der Waals surface area contributed by atoms with Gasteiger partial charge in [0.15, 0.2) is 9.84 Å². The van der Waals surface area contributed by atoms with Crippen molar-refractivity contribution in [3.8, 4) is 0 Å². The second-order valence-electron chi connectivity index (χ2n) is 7.12. The number of nitrogens with zero attached hydrogens (tertiary/aromatic N) is 1. The zero-order valence-electron chi connectivity index (χ0n) is 17.1. The van der Waals surface area contributed by atoms with Crippen molar-refractivity contribution in [1.29, 1.82) is 0 Å². The maximum Gasteiger partial charge on any atom is 0.154 e. The first-order valence-corrected chi connectivity index (χ1v) is 12.1. The quantitative estimate of drug-likeness (QED) is 0.537. The lowest BCUT2D eigenvalue weighted by atomic mass is 10.1. The van der Waals surface area contributed by atoms with Crippen molar-refractivity contribution in [2.45, 2.75) is 25.5 Å². The van der Waals surface area contributed by atoms with Crippen LogP contribution in [0.4, 0.5) is 0 Å². The van der Waals surface area contributed by atoms with Gasteiger partial charge in [-0.3, -0.25) is 0 Å². The molecule has 1 heterocycles. The zero-order chi connectivity index (χ0) is 21.6. The molecule has 174 valence electrons. The van der Waals surface area contributed by atoms with Gasteiger partial charge in [-0.05, 0) is 37.4 Å². The Bertz CT molecular complexity index is 504. The fraction of sp³-hybridized carbons (Fsp3) is 1.00. The first-order valence-electron chi connectivity index (χ1n) is 9.55. The molecule has 29 heavy (non-hydrogen) atoms. The Hall–Kier alpha value is 0.250. The average molecular weight is 482 g/mol. The summed E-state index contributed by atoms with van der Waals surface area (Å²) in [5.74, 6) is -0.431. The van der Waals surface area contributed by atoms with Gasteiger partial charge in [-0.2, -0.15) is 0 Å². The maximum absolute atomic E-state index is 12.6. The lowest BCUT2D eigenvalue weighted by molar-refractivity contribution is -0.0541. The van der Waals surface area contributed by atoms with E-state index in [9.17, 15) is 8.42 Å². The summed E-state index contributed by atoms with van der Waals surface area (Å²) in [6.45, 7) is 7.44. The summed E-state index contributed by atoms with van der Waals surface area (Å²) in [4.78, 5) is 0. The molecule has 1 saturated heterocycles. The zero-order valence-corrected chi connectivity index (χ0v) is 19.5. The molecule has 0 radical (unpaired) electrons. The predicted molar refractivity (Wildman–Crippen MR) is 110 cm³/mol. The summed E-state index contributed by atoms with van der Waals surface area (Å²) < 4.78 is 58.8.